The van der Waals surface area contributed by atoms with Crippen LogP contribution in [0.5, 0.6) is 5.75 Å². The molecule has 1 atom stereocenters. The van der Waals surface area contributed by atoms with Crippen LogP contribution in [0.2, 0.25) is 0 Å². The summed E-state index contributed by atoms with van der Waals surface area (Å²) in [6.45, 7) is 5.01. The summed E-state index contributed by atoms with van der Waals surface area (Å²) in [7, 11) is 0. The first-order valence-electron chi connectivity index (χ1n) is 8.96. The van der Waals surface area contributed by atoms with Gasteiger partial charge in [0.2, 0.25) is 0 Å². The van der Waals surface area contributed by atoms with E-state index in [0.29, 0.717) is 32.9 Å². The molecule has 0 radical (unpaired) electrons. The number of benzene rings is 1. The van der Waals surface area contributed by atoms with E-state index in [0.717, 1.165) is 30.7 Å². The third-order valence-corrected chi connectivity index (χ3v) is 4.16. The van der Waals surface area contributed by atoms with E-state index in [1.807, 2.05) is 24.3 Å². The van der Waals surface area contributed by atoms with Gasteiger partial charge in [-0.2, -0.15) is 0 Å². The lowest BCUT2D eigenvalue weighted by Gasteiger charge is -2.32. The molecule has 1 N–H and O–H groups in total. The van der Waals surface area contributed by atoms with Gasteiger partial charge in [0.1, 0.15) is 5.75 Å². The third-order valence-electron chi connectivity index (χ3n) is 4.16. The summed E-state index contributed by atoms with van der Waals surface area (Å²) in [4.78, 5) is 23.5. The first-order valence-corrected chi connectivity index (χ1v) is 8.96. The summed E-state index contributed by atoms with van der Waals surface area (Å²) in [6, 6.07) is 7.81. The number of morpholine rings is 1. The van der Waals surface area contributed by atoms with E-state index in [-0.39, 0.29) is 18.5 Å². The van der Waals surface area contributed by atoms with Gasteiger partial charge < -0.3 is 19.3 Å². The molecule has 1 heterocycles. The van der Waals surface area contributed by atoms with Crippen molar-refractivity contribution in [1.82, 2.24) is 4.90 Å². The molecular formula is C19H27NO6. The van der Waals surface area contributed by atoms with Crippen molar-refractivity contribution in [3.8, 4) is 5.75 Å². The van der Waals surface area contributed by atoms with E-state index in [4.69, 9.17) is 19.3 Å². The van der Waals surface area contributed by atoms with Crippen LogP contribution in [0.1, 0.15) is 37.9 Å². The highest BCUT2D eigenvalue weighted by atomic mass is 16.5. The summed E-state index contributed by atoms with van der Waals surface area (Å²) >= 11 is 0. The molecule has 7 heteroatoms. The molecule has 1 unspecified atom stereocenters. The zero-order valence-electron chi connectivity index (χ0n) is 15.2. The molecule has 1 aromatic rings. The van der Waals surface area contributed by atoms with Crippen LogP contribution in [0.25, 0.3) is 0 Å². The molecule has 0 aromatic heterocycles. The Kier molecular flexibility index (Phi) is 8.37. The quantitative estimate of drug-likeness (QED) is 0.503. The van der Waals surface area contributed by atoms with Gasteiger partial charge in [-0.15, -0.1) is 0 Å². The minimum absolute atomic E-state index is 0.0460. The number of nitrogens with zero attached hydrogens (tertiary/aromatic N) is 1. The van der Waals surface area contributed by atoms with Crippen molar-refractivity contribution < 1.29 is 28.9 Å². The van der Waals surface area contributed by atoms with Crippen LogP contribution in [0.3, 0.4) is 0 Å². The zero-order valence-corrected chi connectivity index (χ0v) is 15.2. The largest absolute Gasteiger partial charge is 0.494 e. The average Bonchev–Trinajstić information content (AvgIpc) is 2.63. The predicted octanol–water partition coefficient (Wildman–Crippen LogP) is 2.26. The highest BCUT2D eigenvalue weighted by Crippen LogP contribution is 2.24. The number of carbonyl (C=O) groups excluding carboxylic acids is 1. The Labute approximate surface area is 153 Å². The van der Waals surface area contributed by atoms with Crippen molar-refractivity contribution in [1.29, 1.82) is 0 Å². The normalized spacial score (nSPS) is 17.7. The van der Waals surface area contributed by atoms with Crippen LogP contribution < -0.4 is 4.74 Å². The highest BCUT2D eigenvalue weighted by molar-refractivity contribution is 5.66. The Morgan fingerprint density at radius 3 is 2.65 bits per heavy atom. The van der Waals surface area contributed by atoms with Crippen molar-refractivity contribution in [3.63, 3.8) is 0 Å². The fourth-order valence-electron chi connectivity index (χ4n) is 2.75. The summed E-state index contributed by atoms with van der Waals surface area (Å²) in [5.74, 6) is -0.241. The molecule has 1 aliphatic rings. The number of carboxylic acids is 1. The number of ether oxygens (including phenoxy) is 3. The molecule has 0 bridgehead atoms. The fourth-order valence-corrected chi connectivity index (χ4v) is 2.75. The Morgan fingerprint density at radius 2 is 1.96 bits per heavy atom. The van der Waals surface area contributed by atoms with Gasteiger partial charge in [-0.3, -0.25) is 14.5 Å². The van der Waals surface area contributed by atoms with Crippen LogP contribution in [0.15, 0.2) is 24.3 Å². The molecule has 0 spiro atoms. The van der Waals surface area contributed by atoms with Crippen LogP contribution in [-0.2, 0) is 19.1 Å². The second-order valence-electron chi connectivity index (χ2n) is 6.27. The van der Waals surface area contributed by atoms with E-state index in [2.05, 4.69) is 4.90 Å². The van der Waals surface area contributed by atoms with Crippen LogP contribution in [0, 0.1) is 0 Å². The number of aliphatic carboxylic acids is 1. The average molecular weight is 365 g/mol. The number of rotatable bonds is 10. The lowest BCUT2D eigenvalue weighted by atomic mass is 10.1. The molecule has 26 heavy (non-hydrogen) atoms. The maximum atomic E-state index is 10.7. The molecule has 1 fully saturated rings. The molecule has 144 valence electrons. The summed E-state index contributed by atoms with van der Waals surface area (Å²) in [6.07, 6.45) is 1.70. The van der Waals surface area contributed by atoms with Crippen LogP contribution in [0.4, 0.5) is 0 Å². The SMILES string of the molecule is CC(=O)OCCCCOc1ccc(C2CN(CCC(=O)O)CCO2)cc1. The van der Waals surface area contributed by atoms with Gasteiger partial charge >= 0.3 is 11.9 Å². The first-order chi connectivity index (χ1) is 12.5. The van der Waals surface area contributed by atoms with Gasteiger partial charge in [0.05, 0.1) is 32.3 Å². The van der Waals surface area contributed by atoms with E-state index < -0.39 is 5.97 Å². The van der Waals surface area contributed by atoms with Gasteiger partial charge in [0.15, 0.2) is 0 Å². The number of esters is 1. The summed E-state index contributed by atoms with van der Waals surface area (Å²) < 4.78 is 16.4. The van der Waals surface area contributed by atoms with Gasteiger partial charge in [0, 0.05) is 26.6 Å². The standard InChI is InChI=1S/C19H27NO6/c1-15(21)24-11-2-3-12-25-17-6-4-16(5-7-17)18-14-20(10-13-26-18)9-8-19(22)23/h4-7,18H,2-3,8-14H2,1H3,(H,22,23). The number of hydrogen-bond donors (Lipinski definition) is 1. The van der Waals surface area contributed by atoms with Crippen molar-refractivity contribution in [2.75, 3.05) is 39.5 Å². The monoisotopic (exact) mass is 365 g/mol. The van der Waals surface area contributed by atoms with Crippen LogP contribution in [-0.4, -0.2) is 61.4 Å². The number of carbonyl (C=O) groups is 2. The Balaban J connectivity index is 1.72. The predicted molar refractivity (Wildman–Crippen MR) is 95.2 cm³/mol. The van der Waals surface area contributed by atoms with E-state index in [9.17, 15) is 9.59 Å². The van der Waals surface area contributed by atoms with E-state index in [1.165, 1.54) is 6.92 Å². The topological polar surface area (TPSA) is 85.3 Å². The lowest BCUT2D eigenvalue weighted by molar-refractivity contribution is -0.141. The Morgan fingerprint density at radius 1 is 1.23 bits per heavy atom. The third kappa shape index (κ3) is 7.41. The van der Waals surface area contributed by atoms with Gasteiger partial charge in [-0.25, -0.2) is 0 Å². The van der Waals surface area contributed by atoms with E-state index in [1.54, 1.807) is 0 Å². The summed E-state index contributed by atoms with van der Waals surface area (Å²) in [5.41, 5.74) is 1.06. The molecular weight excluding hydrogens is 338 g/mol. The Bertz CT molecular complexity index is 574. The van der Waals surface area contributed by atoms with Crippen LogP contribution >= 0.6 is 0 Å². The molecule has 0 saturated carbocycles. The van der Waals surface area contributed by atoms with Crippen molar-refractivity contribution >= 4 is 11.9 Å². The number of hydrogen-bond acceptors (Lipinski definition) is 6. The smallest absolute Gasteiger partial charge is 0.304 e. The molecule has 7 nitrogen and oxygen atoms in total. The lowest BCUT2D eigenvalue weighted by Crippen LogP contribution is -2.39. The first kappa shape index (κ1) is 20.2. The van der Waals surface area contributed by atoms with Gasteiger partial charge in [-0.05, 0) is 30.5 Å². The molecule has 0 amide bonds. The van der Waals surface area contributed by atoms with Crippen molar-refractivity contribution in [2.24, 2.45) is 0 Å². The maximum Gasteiger partial charge on any atom is 0.304 e. The van der Waals surface area contributed by atoms with Gasteiger partial charge in [0.25, 0.3) is 0 Å². The van der Waals surface area contributed by atoms with Crippen molar-refractivity contribution in [2.45, 2.75) is 32.3 Å². The van der Waals surface area contributed by atoms with Gasteiger partial charge in [-0.1, -0.05) is 12.1 Å². The number of unbranched alkanes of at least 4 members (excludes halogenated alkanes) is 1. The number of carboxylic acid groups (broad SMARTS) is 1. The molecule has 1 aromatic carbocycles. The maximum absolute atomic E-state index is 10.7. The second-order valence-corrected chi connectivity index (χ2v) is 6.27. The molecule has 2 rings (SSSR count). The minimum atomic E-state index is -0.776. The molecule has 0 aliphatic carbocycles. The Hall–Kier alpha value is -2.12. The second kappa shape index (κ2) is 10.8. The summed E-state index contributed by atoms with van der Waals surface area (Å²) in [5, 5.41) is 8.81. The van der Waals surface area contributed by atoms with E-state index >= 15 is 0 Å². The zero-order chi connectivity index (χ0) is 18.8. The minimum Gasteiger partial charge on any atom is -0.494 e. The fraction of sp³-hybridized carbons (Fsp3) is 0.579. The molecule has 1 saturated heterocycles. The van der Waals surface area contributed by atoms with Crippen molar-refractivity contribution in [3.05, 3.63) is 29.8 Å². The molecule has 1 aliphatic heterocycles. The highest BCUT2D eigenvalue weighted by Gasteiger charge is 2.22.